The zero-order valence-electron chi connectivity index (χ0n) is 16.4. The average Bonchev–Trinajstić information content (AvgIpc) is 3.02. The van der Waals surface area contributed by atoms with E-state index in [9.17, 15) is 19.2 Å². The van der Waals surface area contributed by atoms with E-state index in [1.54, 1.807) is 36.4 Å². The summed E-state index contributed by atoms with van der Waals surface area (Å²) < 4.78 is 5.94. The third-order valence-corrected chi connectivity index (χ3v) is 5.44. The van der Waals surface area contributed by atoms with Gasteiger partial charge in [0.25, 0.3) is 11.8 Å². The second kappa shape index (κ2) is 8.28. The lowest BCUT2D eigenvalue weighted by Crippen LogP contribution is -2.29. The Morgan fingerprint density at radius 1 is 0.839 bits per heavy atom. The Kier molecular flexibility index (Phi) is 5.52. The summed E-state index contributed by atoms with van der Waals surface area (Å²) in [6.07, 6.45) is 0. The van der Waals surface area contributed by atoms with Crippen LogP contribution in [-0.2, 0) is 4.74 Å². The van der Waals surface area contributed by atoms with E-state index < -0.39 is 24.4 Å². The van der Waals surface area contributed by atoms with Crippen LogP contribution in [0.5, 0.6) is 0 Å². The molecule has 0 atom stereocenters. The van der Waals surface area contributed by atoms with Crippen LogP contribution >= 0.6 is 15.9 Å². The minimum absolute atomic E-state index is 0.0919. The lowest BCUT2D eigenvalue weighted by atomic mass is 10.1. The van der Waals surface area contributed by atoms with Crippen LogP contribution in [0.4, 0.5) is 5.69 Å². The average molecular weight is 478 g/mol. The van der Waals surface area contributed by atoms with E-state index in [2.05, 4.69) is 15.9 Å². The fourth-order valence-corrected chi connectivity index (χ4v) is 3.49. The summed E-state index contributed by atoms with van der Waals surface area (Å²) in [7, 11) is 0. The number of Topliss-reactive ketones (excluding diaryl/α,β-unsaturated/α-hetero) is 1. The molecule has 1 aliphatic rings. The molecule has 0 unspecified atom stereocenters. The maximum atomic E-state index is 12.8. The van der Waals surface area contributed by atoms with Gasteiger partial charge >= 0.3 is 5.97 Å². The maximum absolute atomic E-state index is 12.8. The molecule has 3 aromatic rings. The molecule has 0 aromatic heterocycles. The van der Waals surface area contributed by atoms with Crippen LogP contribution in [0.3, 0.4) is 0 Å². The number of amides is 2. The predicted molar refractivity (Wildman–Crippen MR) is 118 cm³/mol. The fraction of sp³-hybridized carbons (Fsp3) is 0.0833. The molecule has 6 nitrogen and oxygen atoms in total. The van der Waals surface area contributed by atoms with Crippen molar-refractivity contribution in [1.29, 1.82) is 0 Å². The Morgan fingerprint density at radius 2 is 1.45 bits per heavy atom. The van der Waals surface area contributed by atoms with Crippen LogP contribution in [0, 0.1) is 6.92 Å². The predicted octanol–water partition coefficient (Wildman–Crippen LogP) is 4.60. The number of nitrogens with zero attached hydrogens (tertiary/aromatic N) is 1. The number of ketones is 1. The fourth-order valence-electron chi connectivity index (χ4n) is 3.23. The molecule has 0 fully saturated rings. The number of ether oxygens (including phenoxy) is 1. The number of aryl methyl sites for hydroxylation is 1. The van der Waals surface area contributed by atoms with Gasteiger partial charge in [-0.25, -0.2) is 9.69 Å². The van der Waals surface area contributed by atoms with Crippen molar-refractivity contribution in [2.24, 2.45) is 0 Å². The molecule has 0 aliphatic carbocycles. The number of anilines is 1. The Bertz CT molecular complexity index is 1220. The molecule has 0 spiro atoms. The normalized spacial score (nSPS) is 12.6. The quantitative estimate of drug-likeness (QED) is 0.304. The smallest absolute Gasteiger partial charge is 0.338 e. The summed E-state index contributed by atoms with van der Waals surface area (Å²) >= 11 is 3.29. The molecule has 0 saturated carbocycles. The molecule has 3 aromatic carbocycles. The van der Waals surface area contributed by atoms with Crippen LogP contribution < -0.4 is 4.90 Å². The van der Waals surface area contributed by atoms with Gasteiger partial charge < -0.3 is 4.74 Å². The number of imide groups is 1. The molecular formula is C24H16BrNO5. The molecule has 0 bridgehead atoms. The number of carbonyl (C=O) groups is 4. The lowest BCUT2D eigenvalue weighted by Gasteiger charge is -2.13. The molecule has 0 N–H and O–H groups in total. The van der Waals surface area contributed by atoms with E-state index in [-0.39, 0.29) is 22.5 Å². The van der Waals surface area contributed by atoms with Crippen molar-refractivity contribution in [3.05, 3.63) is 99.0 Å². The van der Waals surface area contributed by atoms with Gasteiger partial charge in [0, 0.05) is 10.0 Å². The van der Waals surface area contributed by atoms with Gasteiger partial charge in [0.15, 0.2) is 12.4 Å². The van der Waals surface area contributed by atoms with Gasteiger partial charge in [-0.2, -0.15) is 0 Å². The SMILES string of the molecule is Cc1ccc(N2C(=O)c3ccc(C(=O)OCC(=O)c4ccc(Br)cc4)cc3C2=O)cc1. The zero-order valence-corrected chi connectivity index (χ0v) is 18.0. The second-order valence-corrected chi connectivity index (χ2v) is 7.96. The summed E-state index contributed by atoms with van der Waals surface area (Å²) in [6, 6.07) is 17.9. The van der Waals surface area contributed by atoms with Crippen molar-refractivity contribution in [3.63, 3.8) is 0 Å². The van der Waals surface area contributed by atoms with E-state index in [0.717, 1.165) is 14.9 Å². The molecule has 31 heavy (non-hydrogen) atoms. The minimum atomic E-state index is -0.748. The highest BCUT2D eigenvalue weighted by Gasteiger charge is 2.37. The first kappa shape index (κ1) is 20.7. The van der Waals surface area contributed by atoms with Gasteiger partial charge in [-0.15, -0.1) is 0 Å². The van der Waals surface area contributed by atoms with E-state index in [1.807, 2.05) is 19.1 Å². The van der Waals surface area contributed by atoms with E-state index >= 15 is 0 Å². The Hall–Kier alpha value is -3.58. The first-order valence-corrected chi connectivity index (χ1v) is 10.2. The van der Waals surface area contributed by atoms with Gasteiger partial charge in [-0.1, -0.05) is 45.8 Å². The number of carbonyl (C=O) groups excluding carboxylic acids is 4. The molecule has 1 aliphatic heterocycles. The largest absolute Gasteiger partial charge is 0.454 e. The highest BCUT2D eigenvalue weighted by molar-refractivity contribution is 9.10. The topological polar surface area (TPSA) is 80.8 Å². The van der Waals surface area contributed by atoms with Crippen LogP contribution in [0.2, 0.25) is 0 Å². The summed E-state index contributed by atoms with van der Waals surface area (Å²) in [6.45, 7) is 1.48. The summed E-state index contributed by atoms with van der Waals surface area (Å²) in [5.74, 6) is -2.06. The van der Waals surface area contributed by atoms with E-state index in [0.29, 0.717) is 11.3 Å². The third kappa shape index (κ3) is 4.04. The van der Waals surface area contributed by atoms with Crippen LogP contribution in [0.25, 0.3) is 0 Å². The van der Waals surface area contributed by atoms with Crippen LogP contribution in [0.1, 0.15) is 47.0 Å². The first-order valence-electron chi connectivity index (χ1n) is 9.40. The molecule has 7 heteroatoms. The summed E-state index contributed by atoms with van der Waals surface area (Å²) in [5.41, 5.74) is 2.31. The van der Waals surface area contributed by atoms with Crippen LogP contribution in [-0.4, -0.2) is 30.2 Å². The summed E-state index contributed by atoms with van der Waals surface area (Å²) in [4.78, 5) is 51.3. The third-order valence-electron chi connectivity index (χ3n) is 4.91. The number of benzene rings is 3. The number of halogens is 1. The van der Waals surface area contributed by atoms with E-state index in [4.69, 9.17) is 4.74 Å². The Balaban J connectivity index is 1.50. The molecule has 1 heterocycles. The second-order valence-electron chi connectivity index (χ2n) is 7.05. The molecule has 4 rings (SSSR count). The Labute approximate surface area is 186 Å². The van der Waals surface area contributed by atoms with Crippen LogP contribution in [0.15, 0.2) is 71.2 Å². The number of fused-ring (bicyclic) bond motifs is 1. The summed E-state index contributed by atoms with van der Waals surface area (Å²) in [5, 5.41) is 0. The number of hydrogen-bond donors (Lipinski definition) is 0. The highest BCUT2D eigenvalue weighted by Crippen LogP contribution is 2.29. The maximum Gasteiger partial charge on any atom is 0.338 e. The van der Waals surface area contributed by atoms with Gasteiger partial charge in [0.05, 0.1) is 22.4 Å². The molecule has 0 saturated heterocycles. The molecule has 2 amide bonds. The monoisotopic (exact) mass is 477 g/mol. The zero-order chi connectivity index (χ0) is 22.1. The molecule has 154 valence electrons. The van der Waals surface area contributed by atoms with Gasteiger partial charge in [-0.3, -0.25) is 14.4 Å². The van der Waals surface area contributed by atoms with Gasteiger partial charge in [-0.05, 0) is 49.4 Å². The Morgan fingerprint density at radius 3 is 2.13 bits per heavy atom. The van der Waals surface area contributed by atoms with Crippen molar-refractivity contribution in [1.82, 2.24) is 0 Å². The van der Waals surface area contributed by atoms with Gasteiger partial charge in [0.2, 0.25) is 0 Å². The molecule has 0 radical (unpaired) electrons. The number of esters is 1. The number of hydrogen-bond acceptors (Lipinski definition) is 5. The van der Waals surface area contributed by atoms with Crippen molar-refractivity contribution < 1.29 is 23.9 Å². The van der Waals surface area contributed by atoms with Crippen molar-refractivity contribution in [3.8, 4) is 0 Å². The highest BCUT2D eigenvalue weighted by atomic mass is 79.9. The lowest BCUT2D eigenvalue weighted by molar-refractivity contribution is 0.0474. The first-order chi connectivity index (χ1) is 14.8. The van der Waals surface area contributed by atoms with Crippen molar-refractivity contribution in [2.45, 2.75) is 6.92 Å². The van der Waals surface area contributed by atoms with E-state index in [1.165, 1.54) is 18.2 Å². The standard InChI is InChI=1S/C24H16BrNO5/c1-14-2-9-18(10-3-14)26-22(28)19-11-6-16(12-20(19)23(26)29)24(30)31-13-21(27)15-4-7-17(25)8-5-15/h2-12H,13H2,1H3. The van der Waals surface area contributed by atoms with Crippen molar-refractivity contribution in [2.75, 3.05) is 11.5 Å². The minimum Gasteiger partial charge on any atom is -0.454 e. The number of rotatable bonds is 5. The van der Waals surface area contributed by atoms with Gasteiger partial charge in [0.1, 0.15) is 0 Å². The van der Waals surface area contributed by atoms with Crippen molar-refractivity contribution >= 4 is 45.2 Å². The molecular weight excluding hydrogens is 462 g/mol.